The van der Waals surface area contributed by atoms with Crippen LogP contribution in [0.3, 0.4) is 0 Å². The number of fused-ring (bicyclic) bond motifs is 2. The van der Waals surface area contributed by atoms with Crippen LogP contribution in [0.2, 0.25) is 0 Å². The number of nitrogens with zero attached hydrogens (tertiary/aromatic N) is 2. The second kappa shape index (κ2) is 5.69. The number of rotatable bonds is 3. The Morgan fingerprint density at radius 3 is 3.09 bits per heavy atom. The molecule has 1 aromatic carbocycles. The SMILES string of the molecule is CCc1c[nH]c2ncnc(N[C@@H]3CCCc4ccc(C)cc43)c12. The summed E-state index contributed by atoms with van der Waals surface area (Å²) in [7, 11) is 0. The normalized spacial score (nSPS) is 17.2. The van der Waals surface area contributed by atoms with E-state index in [1.54, 1.807) is 6.33 Å². The van der Waals surface area contributed by atoms with Crippen LogP contribution in [0.4, 0.5) is 5.82 Å². The van der Waals surface area contributed by atoms with Gasteiger partial charge < -0.3 is 10.3 Å². The average Bonchev–Trinajstić information content (AvgIpc) is 2.99. The highest BCUT2D eigenvalue weighted by molar-refractivity contribution is 5.90. The van der Waals surface area contributed by atoms with Crippen molar-refractivity contribution in [1.82, 2.24) is 15.0 Å². The van der Waals surface area contributed by atoms with Crippen molar-refractivity contribution in [2.24, 2.45) is 0 Å². The molecular weight excluding hydrogens is 284 g/mol. The molecule has 0 spiro atoms. The van der Waals surface area contributed by atoms with Gasteiger partial charge in [-0.25, -0.2) is 9.97 Å². The molecule has 4 rings (SSSR count). The zero-order valence-corrected chi connectivity index (χ0v) is 13.7. The number of benzene rings is 1. The average molecular weight is 306 g/mol. The second-order valence-electron chi connectivity index (χ2n) is 6.40. The highest BCUT2D eigenvalue weighted by Crippen LogP contribution is 2.34. The van der Waals surface area contributed by atoms with E-state index in [0.717, 1.165) is 29.7 Å². The summed E-state index contributed by atoms with van der Waals surface area (Å²) in [6.45, 7) is 4.33. The molecule has 0 bridgehead atoms. The topological polar surface area (TPSA) is 53.6 Å². The molecule has 4 heteroatoms. The summed E-state index contributed by atoms with van der Waals surface area (Å²) in [6, 6.07) is 7.15. The van der Waals surface area contributed by atoms with E-state index in [-0.39, 0.29) is 0 Å². The maximum Gasteiger partial charge on any atom is 0.143 e. The standard InChI is InChI=1S/C19H22N4/c1-3-13-10-20-18-17(13)19(22-11-21-18)23-16-6-4-5-14-8-7-12(2)9-15(14)16/h7-11,16H,3-6H2,1-2H3,(H2,20,21,22,23)/t16-/m1/s1. The van der Waals surface area contributed by atoms with Gasteiger partial charge in [0.2, 0.25) is 0 Å². The van der Waals surface area contributed by atoms with E-state index < -0.39 is 0 Å². The fourth-order valence-electron chi connectivity index (χ4n) is 3.65. The van der Waals surface area contributed by atoms with Gasteiger partial charge in [-0.15, -0.1) is 0 Å². The van der Waals surface area contributed by atoms with E-state index in [9.17, 15) is 0 Å². The van der Waals surface area contributed by atoms with Crippen LogP contribution in [-0.4, -0.2) is 15.0 Å². The lowest BCUT2D eigenvalue weighted by molar-refractivity contribution is 0.598. The van der Waals surface area contributed by atoms with Crippen LogP contribution in [0.5, 0.6) is 0 Å². The lowest BCUT2D eigenvalue weighted by atomic mass is 9.86. The molecule has 2 N–H and O–H groups in total. The number of aryl methyl sites for hydroxylation is 3. The summed E-state index contributed by atoms with van der Waals surface area (Å²) >= 11 is 0. The van der Waals surface area contributed by atoms with E-state index in [1.165, 1.54) is 35.1 Å². The van der Waals surface area contributed by atoms with Crippen molar-refractivity contribution < 1.29 is 0 Å². The van der Waals surface area contributed by atoms with Crippen molar-refractivity contribution in [3.05, 3.63) is 53.0 Å². The first-order valence-electron chi connectivity index (χ1n) is 8.43. The van der Waals surface area contributed by atoms with Gasteiger partial charge in [-0.1, -0.05) is 30.7 Å². The number of H-pyrrole nitrogens is 1. The molecule has 0 fully saturated rings. The predicted molar refractivity (Wildman–Crippen MR) is 93.7 cm³/mol. The van der Waals surface area contributed by atoms with E-state index in [2.05, 4.69) is 52.3 Å². The van der Waals surface area contributed by atoms with Gasteiger partial charge in [0, 0.05) is 6.20 Å². The van der Waals surface area contributed by atoms with Gasteiger partial charge in [0.15, 0.2) is 0 Å². The minimum absolute atomic E-state index is 0.330. The first kappa shape index (κ1) is 14.2. The molecule has 0 saturated heterocycles. The van der Waals surface area contributed by atoms with Crippen LogP contribution < -0.4 is 5.32 Å². The van der Waals surface area contributed by atoms with Crippen molar-refractivity contribution in [3.63, 3.8) is 0 Å². The zero-order valence-electron chi connectivity index (χ0n) is 13.7. The molecule has 0 amide bonds. The Kier molecular flexibility index (Phi) is 3.52. The van der Waals surface area contributed by atoms with Crippen LogP contribution in [0.25, 0.3) is 11.0 Å². The van der Waals surface area contributed by atoms with Crippen LogP contribution in [-0.2, 0) is 12.8 Å². The van der Waals surface area contributed by atoms with Gasteiger partial charge in [-0.3, -0.25) is 0 Å². The summed E-state index contributed by atoms with van der Waals surface area (Å²) in [4.78, 5) is 12.1. The van der Waals surface area contributed by atoms with Crippen LogP contribution >= 0.6 is 0 Å². The molecule has 1 aliphatic rings. The molecule has 118 valence electrons. The largest absolute Gasteiger partial charge is 0.363 e. The van der Waals surface area contributed by atoms with Crippen molar-refractivity contribution in [2.75, 3.05) is 5.32 Å². The molecule has 1 atom stereocenters. The number of aromatic amines is 1. The molecular formula is C19H22N4. The van der Waals surface area contributed by atoms with Gasteiger partial charge in [0.1, 0.15) is 17.8 Å². The fourth-order valence-corrected chi connectivity index (χ4v) is 3.65. The number of nitrogens with one attached hydrogen (secondary N) is 2. The molecule has 0 unspecified atom stereocenters. The van der Waals surface area contributed by atoms with E-state index in [4.69, 9.17) is 0 Å². The molecule has 23 heavy (non-hydrogen) atoms. The van der Waals surface area contributed by atoms with Crippen molar-refractivity contribution in [3.8, 4) is 0 Å². The third-order valence-electron chi connectivity index (χ3n) is 4.86. The smallest absolute Gasteiger partial charge is 0.143 e. The molecule has 2 aromatic heterocycles. The van der Waals surface area contributed by atoms with Crippen LogP contribution in [0.15, 0.2) is 30.7 Å². The quantitative estimate of drug-likeness (QED) is 0.757. The lowest BCUT2D eigenvalue weighted by Crippen LogP contribution is -2.18. The Balaban J connectivity index is 1.75. The molecule has 0 radical (unpaired) electrons. The molecule has 4 nitrogen and oxygen atoms in total. The Bertz CT molecular complexity index is 850. The Morgan fingerprint density at radius 1 is 1.30 bits per heavy atom. The molecule has 2 heterocycles. The summed E-state index contributed by atoms with van der Waals surface area (Å²) in [6.07, 6.45) is 8.20. The molecule has 0 saturated carbocycles. The first-order valence-corrected chi connectivity index (χ1v) is 8.43. The van der Waals surface area contributed by atoms with E-state index in [0.29, 0.717) is 6.04 Å². The first-order chi connectivity index (χ1) is 11.3. The Hall–Kier alpha value is -2.36. The number of hydrogen-bond donors (Lipinski definition) is 2. The third-order valence-corrected chi connectivity index (χ3v) is 4.86. The Labute approximate surface area is 136 Å². The van der Waals surface area contributed by atoms with Crippen LogP contribution in [0, 0.1) is 6.92 Å². The maximum atomic E-state index is 4.53. The minimum Gasteiger partial charge on any atom is -0.363 e. The van der Waals surface area contributed by atoms with E-state index >= 15 is 0 Å². The third kappa shape index (κ3) is 2.48. The van der Waals surface area contributed by atoms with Gasteiger partial charge in [-0.2, -0.15) is 0 Å². The van der Waals surface area contributed by atoms with Crippen molar-refractivity contribution >= 4 is 16.9 Å². The molecule has 1 aliphatic carbocycles. The van der Waals surface area contributed by atoms with Crippen molar-refractivity contribution in [2.45, 2.75) is 45.6 Å². The number of anilines is 1. The zero-order chi connectivity index (χ0) is 15.8. The highest BCUT2D eigenvalue weighted by atomic mass is 15.1. The van der Waals surface area contributed by atoms with E-state index in [1.807, 2.05) is 6.20 Å². The highest BCUT2D eigenvalue weighted by Gasteiger charge is 2.22. The molecule has 0 aliphatic heterocycles. The number of hydrogen-bond acceptors (Lipinski definition) is 3. The van der Waals surface area contributed by atoms with Gasteiger partial charge in [-0.05, 0) is 49.3 Å². The predicted octanol–water partition coefficient (Wildman–Crippen LogP) is 4.32. The Morgan fingerprint density at radius 2 is 2.22 bits per heavy atom. The van der Waals surface area contributed by atoms with Crippen molar-refractivity contribution in [1.29, 1.82) is 0 Å². The second-order valence-corrected chi connectivity index (χ2v) is 6.40. The summed E-state index contributed by atoms with van der Waals surface area (Å²) in [5.41, 5.74) is 6.40. The van der Waals surface area contributed by atoms with Crippen LogP contribution in [0.1, 0.15) is 48.1 Å². The summed E-state index contributed by atoms with van der Waals surface area (Å²) in [5.74, 6) is 0.951. The van der Waals surface area contributed by atoms with Gasteiger partial charge in [0.05, 0.1) is 11.4 Å². The lowest BCUT2D eigenvalue weighted by Gasteiger charge is -2.27. The number of aromatic nitrogens is 3. The summed E-state index contributed by atoms with van der Waals surface area (Å²) < 4.78 is 0. The van der Waals surface area contributed by atoms with Gasteiger partial charge in [0.25, 0.3) is 0 Å². The minimum atomic E-state index is 0.330. The molecule has 3 aromatic rings. The van der Waals surface area contributed by atoms with Gasteiger partial charge >= 0.3 is 0 Å². The monoisotopic (exact) mass is 306 g/mol. The maximum absolute atomic E-state index is 4.53. The fraction of sp³-hybridized carbons (Fsp3) is 0.368. The summed E-state index contributed by atoms with van der Waals surface area (Å²) in [5, 5.41) is 4.83.